The van der Waals surface area contributed by atoms with Gasteiger partial charge in [0.2, 0.25) is 11.8 Å². The molecular formula is C52H60F4N8O4. The minimum absolute atomic E-state index is 0.107. The van der Waals surface area contributed by atoms with E-state index >= 15 is 0 Å². The van der Waals surface area contributed by atoms with E-state index in [0.29, 0.717) is 23.0 Å². The van der Waals surface area contributed by atoms with Crippen LogP contribution in [0.15, 0.2) is 122 Å². The van der Waals surface area contributed by atoms with Crippen LogP contribution in [-0.2, 0) is 33.5 Å². The Morgan fingerprint density at radius 2 is 1.00 bits per heavy atom. The first-order chi connectivity index (χ1) is 32.6. The second kappa shape index (κ2) is 21.8. The van der Waals surface area contributed by atoms with E-state index in [1.807, 2.05) is 48.8 Å². The number of carbonyl (C=O) groups is 2. The number of carbonyl (C=O) groups excluding carboxylic acids is 2. The summed E-state index contributed by atoms with van der Waals surface area (Å²) in [6, 6.07) is 25.1. The zero-order valence-corrected chi connectivity index (χ0v) is 38.7. The Kier molecular flexibility index (Phi) is 16.0. The zero-order valence-electron chi connectivity index (χ0n) is 38.7. The first kappa shape index (κ1) is 49.7. The van der Waals surface area contributed by atoms with E-state index in [9.17, 15) is 37.4 Å². The lowest BCUT2D eigenvalue weighted by atomic mass is 9.97. The molecule has 8 atom stereocenters. The molecule has 4 aromatic carbocycles. The van der Waals surface area contributed by atoms with E-state index < -0.39 is 47.6 Å². The molecule has 6 N–H and O–H groups in total. The third kappa shape index (κ3) is 12.3. The van der Waals surface area contributed by atoms with Crippen molar-refractivity contribution >= 4 is 11.8 Å². The van der Waals surface area contributed by atoms with Gasteiger partial charge in [0, 0.05) is 74.9 Å². The standard InChI is InChI=1S/2C26H30F2N4O2/c2*1-3-19-15-26(19,20-6-4-7-23(13-20)32-9-5-8-30-32)29-16-25(34)24(31-17(2)33)12-18-10-21(27)14-22(28)11-18/h2*4-11,13-14,19,24-25,29,34H,3,12,15-16H2,1-2H3,(H,31,33). The summed E-state index contributed by atoms with van der Waals surface area (Å²) in [4.78, 5) is 23.5. The molecule has 2 heterocycles. The van der Waals surface area contributed by atoms with Crippen LogP contribution in [0, 0.1) is 35.1 Å². The summed E-state index contributed by atoms with van der Waals surface area (Å²) >= 11 is 0. The molecule has 2 amide bonds. The lowest BCUT2D eigenvalue weighted by Crippen LogP contribution is -2.50. The number of nitrogens with zero attached hydrogens (tertiary/aromatic N) is 4. The summed E-state index contributed by atoms with van der Waals surface area (Å²) in [6.07, 6.45) is 9.36. The van der Waals surface area contributed by atoms with E-state index in [0.717, 1.165) is 60.3 Å². The maximum Gasteiger partial charge on any atom is 0.217 e. The first-order valence-corrected chi connectivity index (χ1v) is 23.1. The molecule has 16 heteroatoms. The first-order valence-electron chi connectivity index (χ1n) is 23.1. The van der Waals surface area contributed by atoms with Crippen LogP contribution < -0.4 is 21.3 Å². The van der Waals surface area contributed by atoms with Gasteiger partial charge in [0.15, 0.2) is 0 Å². The lowest BCUT2D eigenvalue weighted by Gasteiger charge is -2.28. The van der Waals surface area contributed by atoms with Gasteiger partial charge in [0.1, 0.15) is 23.3 Å². The molecule has 2 aliphatic carbocycles. The number of nitrogens with one attached hydrogen (secondary N) is 4. The molecular weight excluding hydrogens is 877 g/mol. The highest BCUT2D eigenvalue weighted by molar-refractivity contribution is 5.73. The molecule has 2 fully saturated rings. The number of hydrogen-bond acceptors (Lipinski definition) is 8. The summed E-state index contributed by atoms with van der Waals surface area (Å²) in [5.74, 6) is -2.59. The van der Waals surface area contributed by atoms with Gasteiger partial charge in [0.25, 0.3) is 0 Å². The summed E-state index contributed by atoms with van der Waals surface area (Å²) in [7, 11) is 0. The van der Waals surface area contributed by atoms with Crippen LogP contribution in [0.5, 0.6) is 0 Å². The molecule has 0 saturated heterocycles. The SMILES string of the molecule is CCC1CC1(NCC(O)C(Cc1cc(F)cc(F)c1)NC(C)=O)c1cccc(-n2cccn2)c1.CCC1CC1(NCC(O)C(Cc1cc(F)cc(F)c1)NC(C)=O)c1cccc(-n2cccn2)c1. The van der Waals surface area contributed by atoms with Crippen LogP contribution in [0.2, 0.25) is 0 Å². The Hall–Kier alpha value is -6.20. The van der Waals surface area contributed by atoms with Crippen molar-refractivity contribution in [3.05, 3.63) is 167 Å². The third-order valence-electron chi connectivity index (χ3n) is 13.2. The quantitative estimate of drug-likeness (QED) is 0.0450. The Balaban J connectivity index is 0.000000201. The van der Waals surface area contributed by atoms with Crippen molar-refractivity contribution in [2.24, 2.45) is 11.8 Å². The Labute approximate surface area is 394 Å². The van der Waals surface area contributed by atoms with Crippen molar-refractivity contribution in [1.29, 1.82) is 0 Å². The van der Waals surface area contributed by atoms with E-state index in [1.165, 1.54) is 38.1 Å². The van der Waals surface area contributed by atoms with Crippen molar-refractivity contribution in [2.75, 3.05) is 13.1 Å². The number of aromatic nitrogens is 4. The van der Waals surface area contributed by atoms with Gasteiger partial charge in [-0.15, -0.1) is 0 Å². The second-order valence-corrected chi connectivity index (χ2v) is 18.0. The predicted molar refractivity (Wildman–Crippen MR) is 251 cm³/mol. The van der Waals surface area contributed by atoms with Gasteiger partial charge in [-0.05, 0) is 120 Å². The number of benzene rings is 4. The maximum absolute atomic E-state index is 13.7. The zero-order chi connectivity index (χ0) is 48.6. The molecule has 2 aromatic heterocycles. The molecule has 2 saturated carbocycles. The third-order valence-corrected chi connectivity index (χ3v) is 13.2. The Morgan fingerprint density at radius 1 is 0.618 bits per heavy atom. The topological polar surface area (TPSA) is 158 Å². The van der Waals surface area contributed by atoms with E-state index in [-0.39, 0.29) is 48.8 Å². The lowest BCUT2D eigenvalue weighted by molar-refractivity contribution is -0.121. The predicted octanol–water partition coefficient (Wildman–Crippen LogP) is 6.95. The largest absolute Gasteiger partial charge is 0.390 e. The highest BCUT2D eigenvalue weighted by atomic mass is 19.1. The monoisotopic (exact) mass is 936 g/mol. The fraction of sp³-hybridized carbons (Fsp3) is 0.385. The number of hydrogen-bond donors (Lipinski definition) is 6. The number of amides is 2. The van der Waals surface area contributed by atoms with Crippen LogP contribution in [0.4, 0.5) is 17.6 Å². The molecule has 0 spiro atoms. The van der Waals surface area contributed by atoms with Gasteiger partial charge >= 0.3 is 0 Å². The number of halogens is 4. The van der Waals surface area contributed by atoms with E-state index in [1.54, 1.807) is 21.8 Å². The van der Waals surface area contributed by atoms with Gasteiger partial charge in [-0.25, -0.2) is 26.9 Å². The normalized spacial score (nSPS) is 21.1. The van der Waals surface area contributed by atoms with Gasteiger partial charge < -0.3 is 31.5 Å². The van der Waals surface area contributed by atoms with Crippen molar-refractivity contribution < 1.29 is 37.4 Å². The molecule has 0 radical (unpaired) electrons. The molecule has 0 bridgehead atoms. The maximum atomic E-state index is 13.7. The molecule has 12 nitrogen and oxygen atoms in total. The van der Waals surface area contributed by atoms with Crippen LogP contribution >= 0.6 is 0 Å². The van der Waals surface area contributed by atoms with Crippen LogP contribution in [0.25, 0.3) is 11.4 Å². The minimum Gasteiger partial charge on any atom is -0.390 e. The van der Waals surface area contributed by atoms with Gasteiger partial charge in [-0.1, -0.05) is 51.0 Å². The molecule has 2 aliphatic rings. The van der Waals surface area contributed by atoms with E-state index in [4.69, 9.17) is 0 Å². The highest BCUT2D eigenvalue weighted by Crippen LogP contribution is 2.55. The summed E-state index contributed by atoms with van der Waals surface area (Å²) in [5, 5.41) is 43.1. The van der Waals surface area contributed by atoms with Gasteiger partial charge in [-0.3, -0.25) is 9.59 Å². The van der Waals surface area contributed by atoms with Crippen molar-refractivity contribution in [3.8, 4) is 11.4 Å². The molecule has 0 aliphatic heterocycles. The number of aliphatic hydroxyl groups is 2. The fourth-order valence-electron chi connectivity index (χ4n) is 9.60. The smallest absolute Gasteiger partial charge is 0.217 e. The summed E-state index contributed by atoms with van der Waals surface area (Å²) in [6.45, 7) is 7.42. The Morgan fingerprint density at radius 3 is 1.31 bits per heavy atom. The van der Waals surface area contributed by atoms with Crippen LogP contribution in [0.3, 0.4) is 0 Å². The summed E-state index contributed by atoms with van der Waals surface area (Å²) in [5.41, 5.74) is 4.30. The van der Waals surface area contributed by atoms with Crippen molar-refractivity contribution in [2.45, 2.75) is 102 Å². The Bertz CT molecular complexity index is 2410. The average molecular weight is 937 g/mol. The molecule has 8 unspecified atom stereocenters. The molecule has 6 aromatic rings. The van der Waals surface area contributed by atoms with Crippen molar-refractivity contribution in [1.82, 2.24) is 40.8 Å². The van der Waals surface area contributed by atoms with E-state index in [2.05, 4.69) is 69.6 Å². The fourth-order valence-corrected chi connectivity index (χ4v) is 9.60. The average Bonchev–Trinajstić information content (AvgIpc) is 3.97. The minimum atomic E-state index is -0.959. The van der Waals surface area contributed by atoms with Gasteiger partial charge in [0.05, 0.1) is 35.7 Å². The van der Waals surface area contributed by atoms with Crippen LogP contribution in [-0.4, -0.2) is 79.0 Å². The van der Waals surface area contributed by atoms with Gasteiger partial charge in [-0.2, -0.15) is 10.2 Å². The molecule has 68 heavy (non-hydrogen) atoms. The van der Waals surface area contributed by atoms with Crippen molar-refractivity contribution in [3.63, 3.8) is 0 Å². The molecule has 360 valence electrons. The summed E-state index contributed by atoms with van der Waals surface area (Å²) < 4.78 is 58.2. The molecule has 8 rings (SSSR count). The van der Waals surface area contributed by atoms with Crippen LogP contribution in [0.1, 0.15) is 75.6 Å². The number of aliphatic hydroxyl groups excluding tert-OH is 2. The number of rotatable bonds is 20. The second-order valence-electron chi connectivity index (χ2n) is 18.0. The highest BCUT2D eigenvalue weighted by Gasteiger charge is 2.55.